The molecule has 1 aromatic heterocycles. The summed E-state index contributed by atoms with van der Waals surface area (Å²) >= 11 is 0. The number of hydrogen-bond acceptors (Lipinski definition) is 3. The molecule has 1 N–H and O–H groups in total. The van der Waals surface area contributed by atoms with Gasteiger partial charge >= 0.3 is 0 Å². The van der Waals surface area contributed by atoms with Crippen LogP contribution in [0, 0.1) is 0 Å². The zero-order valence-corrected chi connectivity index (χ0v) is 11.3. The van der Waals surface area contributed by atoms with E-state index in [0.717, 1.165) is 23.7 Å². The van der Waals surface area contributed by atoms with Gasteiger partial charge in [-0.25, -0.2) is 0 Å². The Bertz CT molecular complexity index is 725. The van der Waals surface area contributed by atoms with E-state index in [9.17, 15) is 0 Å². The van der Waals surface area contributed by atoms with Crippen LogP contribution in [0.5, 0.6) is 11.5 Å². The first-order valence-electron chi connectivity index (χ1n) is 6.71. The van der Waals surface area contributed by atoms with Gasteiger partial charge in [-0.3, -0.25) is 4.98 Å². The van der Waals surface area contributed by atoms with Crippen LogP contribution < -0.4 is 10.1 Å². The molecule has 0 fully saturated rings. The molecule has 0 aliphatic heterocycles. The highest BCUT2D eigenvalue weighted by Gasteiger charge is 2.01. The van der Waals surface area contributed by atoms with Crippen LogP contribution in [0.25, 0.3) is 10.8 Å². The van der Waals surface area contributed by atoms with Crippen LogP contribution in [-0.4, -0.2) is 11.5 Å². The number of aromatic nitrogens is 1. The number of fused-ring (bicyclic) bond motifs is 1. The van der Waals surface area contributed by atoms with Gasteiger partial charge in [-0.1, -0.05) is 30.3 Å². The van der Waals surface area contributed by atoms with E-state index in [4.69, 9.17) is 4.74 Å². The number of nitrogens with zero attached hydrogens (tertiary/aromatic N) is 1. The molecule has 0 saturated heterocycles. The average molecular weight is 264 g/mol. The number of nitrogens with one attached hydrogen (secondary N) is 1. The van der Waals surface area contributed by atoms with Crippen LogP contribution in [0.1, 0.15) is 6.92 Å². The lowest BCUT2D eigenvalue weighted by atomic mass is 10.1. The van der Waals surface area contributed by atoms with Gasteiger partial charge in [-0.2, -0.15) is 0 Å². The third kappa shape index (κ3) is 2.72. The summed E-state index contributed by atoms with van der Waals surface area (Å²) in [5, 5.41) is 5.60. The highest BCUT2D eigenvalue weighted by atomic mass is 16.5. The predicted octanol–water partition coefficient (Wildman–Crippen LogP) is 4.46. The van der Waals surface area contributed by atoms with E-state index in [-0.39, 0.29) is 0 Å². The van der Waals surface area contributed by atoms with E-state index in [1.165, 1.54) is 10.8 Å². The standard InChI is InChI=1S/C17H16N2O/c1-2-19-15-10-17(12-18-11-15)20-16-8-7-13-5-3-4-6-14(13)9-16/h3-12,19H,2H2,1H3. The lowest BCUT2D eigenvalue weighted by Gasteiger charge is -2.08. The fourth-order valence-electron chi connectivity index (χ4n) is 2.14. The first kappa shape index (κ1) is 12.5. The summed E-state index contributed by atoms with van der Waals surface area (Å²) in [6.07, 6.45) is 3.51. The average Bonchev–Trinajstić information content (AvgIpc) is 2.48. The minimum atomic E-state index is 0.735. The maximum Gasteiger partial charge on any atom is 0.147 e. The molecular weight excluding hydrogens is 248 g/mol. The molecular formula is C17H16N2O. The molecule has 0 spiro atoms. The molecule has 0 unspecified atom stereocenters. The van der Waals surface area contributed by atoms with Crippen molar-refractivity contribution in [1.82, 2.24) is 4.98 Å². The predicted molar refractivity (Wildman–Crippen MR) is 82.4 cm³/mol. The molecule has 3 nitrogen and oxygen atoms in total. The van der Waals surface area contributed by atoms with Crippen molar-refractivity contribution in [2.75, 3.05) is 11.9 Å². The van der Waals surface area contributed by atoms with E-state index in [0.29, 0.717) is 0 Å². The number of benzene rings is 2. The molecule has 0 atom stereocenters. The second-order valence-corrected chi connectivity index (χ2v) is 4.55. The number of hydrogen-bond donors (Lipinski definition) is 1. The molecule has 20 heavy (non-hydrogen) atoms. The Morgan fingerprint density at radius 1 is 0.950 bits per heavy atom. The molecule has 1 heterocycles. The molecule has 0 saturated carbocycles. The van der Waals surface area contributed by atoms with Gasteiger partial charge in [0.2, 0.25) is 0 Å². The highest BCUT2D eigenvalue weighted by Crippen LogP contribution is 2.26. The van der Waals surface area contributed by atoms with Gasteiger partial charge in [0.1, 0.15) is 11.5 Å². The van der Waals surface area contributed by atoms with Gasteiger partial charge in [0, 0.05) is 12.6 Å². The Kier molecular flexibility index (Phi) is 3.50. The summed E-state index contributed by atoms with van der Waals surface area (Å²) in [5.41, 5.74) is 0.964. The van der Waals surface area contributed by atoms with E-state index < -0.39 is 0 Å². The first-order valence-corrected chi connectivity index (χ1v) is 6.71. The Morgan fingerprint density at radius 3 is 2.65 bits per heavy atom. The van der Waals surface area contributed by atoms with Crippen LogP contribution in [0.2, 0.25) is 0 Å². The van der Waals surface area contributed by atoms with Crippen molar-refractivity contribution in [2.24, 2.45) is 0 Å². The smallest absolute Gasteiger partial charge is 0.147 e. The van der Waals surface area contributed by atoms with E-state index >= 15 is 0 Å². The zero-order valence-electron chi connectivity index (χ0n) is 11.3. The first-order chi connectivity index (χ1) is 9.85. The quantitative estimate of drug-likeness (QED) is 0.755. The molecule has 3 heteroatoms. The van der Waals surface area contributed by atoms with Crippen LogP contribution in [-0.2, 0) is 0 Å². The van der Waals surface area contributed by atoms with Gasteiger partial charge in [-0.15, -0.1) is 0 Å². The van der Waals surface area contributed by atoms with Gasteiger partial charge in [0.25, 0.3) is 0 Å². The molecule has 0 radical (unpaired) electrons. The minimum absolute atomic E-state index is 0.735. The molecule has 0 aliphatic rings. The van der Waals surface area contributed by atoms with Crippen LogP contribution >= 0.6 is 0 Å². The maximum atomic E-state index is 5.87. The van der Waals surface area contributed by atoms with Crippen molar-refractivity contribution < 1.29 is 4.74 Å². The Labute approximate surface area is 118 Å². The monoisotopic (exact) mass is 264 g/mol. The van der Waals surface area contributed by atoms with Gasteiger partial charge in [0.05, 0.1) is 18.1 Å². The Hall–Kier alpha value is -2.55. The van der Waals surface area contributed by atoms with Gasteiger partial charge in [-0.05, 0) is 29.8 Å². The van der Waals surface area contributed by atoms with Crippen molar-refractivity contribution in [3.05, 3.63) is 60.9 Å². The van der Waals surface area contributed by atoms with Crippen LogP contribution in [0.4, 0.5) is 5.69 Å². The fraction of sp³-hybridized carbons (Fsp3) is 0.118. The summed E-state index contributed by atoms with van der Waals surface area (Å²) < 4.78 is 5.87. The highest BCUT2D eigenvalue weighted by molar-refractivity contribution is 5.83. The third-order valence-corrected chi connectivity index (χ3v) is 3.05. The molecule has 0 amide bonds. The van der Waals surface area contributed by atoms with Crippen LogP contribution in [0.15, 0.2) is 60.9 Å². The number of pyridine rings is 1. The minimum Gasteiger partial charge on any atom is -0.456 e. The topological polar surface area (TPSA) is 34.2 Å². The van der Waals surface area contributed by atoms with Crippen molar-refractivity contribution in [2.45, 2.75) is 6.92 Å². The second-order valence-electron chi connectivity index (χ2n) is 4.55. The lowest BCUT2D eigenvalue weighted by Crippen LogP contribution is -1.97. The molecule has 3 rings (SSSR count). The van der Waals surface area contributed by atoms with Crippen molar-refractivity contribution >= 4 is 16.5 Å². The summed E-state index contributed by atoms with van der Waals surface area (Å²) in [6, 6.07) is 16.3. The number of rotatable bonds is 4. The van der Waals surface area contributed by atoms with Crippen molar-refractivity contribution in [3.63, 3.8) is 0 Å². The van der Waals surface area contributed by atoms with Gasteiger partial charge < -0.3 is 10.1 Å². The van der Waals surface area contributed by atoms with E-state index in [1.54, 1.807) is 12.4 Å². The maximum absolute atomic E-state index is 5.87. The zero-order chi connectivity index (χ0) is 13.8. The Balaban J connectivity index is 1.87. The summed E-state index contributed by atoms with van der Waals surface area (Å²) in [7, 11) is 0. The van der Waals surface area contributed by atoms with Gasteiger partial charge in [0.15, 0.2) is 0 Å². The molecule has 0 aliphatic carbocycles. The Morgan fingerprint density at radius 2 is 1.80 bits per heavy atom. The van der Waals surface area contributed by atoms with Crippen molar-refractivity contribution in [3.8, 4) is 11.5 Å². The number of anilines is 1. The second kappa shape index (κ2) is 5.61. The van der Waals surface area contributed by atoms with Crippen LogP contribution in [0.3, 0.4) is 0 Å². The third-order valence-electron chi connectivity index (χ3n) is 3.05. The van der Waals surface area contributed by atoms with E-state index in [1.807, 2.05) is 30.3 Å². The lowest BCUT2D eigenvalue weighted by molar-refractivity contribution is 0.481. The molecule has 3 aromatic rings. The summed E-state index contributed by atoms with van der Waals surface area (Å²) in [6.45, 7) is 2.91. The SMILES string of the molecule is CCNc1cncc(Oc2ccc3ccccc3c2)c1. The molecule has 2 aromatic carbocycles. The largest absolute Gasteiger partial charge is 0.456 e. The van der Waals surface area contributed by atoms with E-state index in [2.05, 4.69) is 35.4 Å². The van der Waals surface area contributed by atoms with Crippen molar-refractivity contribution in [1.29, 1.82) is 0 Å². The number of ether oxygens (including phenoxy) is 1. The summed E-state index contributed by atoms with van der Waals surface area (Å²) in [4.78, 5) is 4.17. The fourth-order valence-corrected chi connectivity index (χ4v) is 2.14. The molecule has 0 bridgehead atoms. The molecule has 100 valence electrons. The normalized spacial score (nSPS) is 10.4. The summed E-state index contributed by atoms with van der Waals surface area (Å²) in [5.74, 6) is 1.55.